The molecular weight excluding hydrogens is 320 g/mol. The summed E-state index contributed by atoms with van der Waals surface area (Å²) in [6.45, 7) is 4.26. The average Bonchev–Trinajstić information content (AvgIpc) is 3.00. The maximum absolute atomic E-state index is 9.81. The van der Waals surface area contributed by atoms with E-state index in [0.29, 0.717) is 13.2 Å². The van der Waals surface area contributed by atoms with E-state index in [2.05, 4.69) is 62.3 Å². The van der Waals surface area contributed by atoms with Crippen LogP contribution in [0.5, 0.6) is 0 Å². The molecule has 0 atom stereocenters. The lowest BCUT2D eigenvalue weighted by Gasteiger charge is -2.16. The van der Waals surface area contributed by atoms with Gasteiger partial charge in [-0.3, -0.25) is 0 Å². The molecule has 0 spiro atoms. The fourth-order valence-electron chi connectivity index (χ4n) is 3.11. The van der Waals surface area contributed by atoms with E-state index in [4.69, 9.17) is 4.74 Å². The molecule has 0 saturated heterocycles. The largest absolute Gasteiger partial charge is 0.372 e. The minimum absolute atomic E-state index is 0. The predicted molar refractivity (Wildman–Crippen MR) is 99.3 cm³/mol. The zero-order valence-corrected chi connectivity index (χ0v) is 15.2. The number of ether oxygens (including phenoxy) is 1. The van der Waals surface area contributed by atoms with Gasteiger partial charge in [-0.15, -0.1) is 12.4 Å². The smallest absolute Gasteiger partial charge is 0.100 e. The molecular formula is C20H23ClN2O. The number of likely N-dealkylation sites (N-methyl/N-ethyl adjacent to an activating group) is 1. The topological polar surface area (TPSA) is 36.3 Å². The van der Waals surface area contributed by atoms with Crippen molar-refractivity contribution in [1.82, 2.24) is 4.90 Å². The van der Waals surface area contributed by atoms with Gasteiger partial charge in [0.25, 0.3) is 0 Å². The average molecular weight is 343 g/mol. The van der Waals surface area contributed by atoms with Gasteiger partial charge in [-0.05, 0) is 49.7 Å². The van der Waals surface area contributed by atoms with Crippen molar-refractivity contribution in [3.8, 4) is 17.2 Å². The van der Waals surface area contributed by atoms with Gasteiger partial charge in [0.15, 0.2) is 0 Å². The zero-order valence-electron chi connectivity index (χ0n) is 14.4. The first-order valence-corrected chi connectivity index (χ1v) is 7.97. The Bertz CT molecular complexity index is 761. The third-order valence-electron chi connectivity index (χ3n) is 4.39. The molecule has 0 amide bonds. The highest BCUT2D eigenvalue weighted by Gasteiger charge is 2.22. The zero-order chi connectivity index (χ0) is 16.4. The minimum Gasteiger partial charge on any atom is -0.372 e. The number of hydrogen-bond donors (Lipinski definition) is 0. The molecule has 0 N–H and O–H groups in total. The molecule has 3 nitrogen and oxygen atoms in total. The fourth-order valence-corrected chi connectivity index (χ4v) is 3.11. The van der Waals surface area contributed by atoms with Crippen LogP contribution in [0.1, 0.15) is 27.8 Å². The molecule has 0 aliphatic carbocycles. The summed E-state index contributed by atoms with van der Waals surface area (Å²) in [7, 11) is 4.12. The van der Waals surface area contributed by atoms with Crippen LogP contribution in [-0.4, -0.2) is 25.5 Å². The number of aryl methyl sites for hydroxylation is 1. The van der Waals surface area contributed by atoms with E-state index in [9.17, 15) is 5.26 Å². The highest BCUT2D eigenvalue weighted by molar-refractivity contribution is 5.85. The maximum atomic E-state index is 9.81. The second-order valence-corrected chi connectivity index (χ2v) is 6.45. The van der Waals surface area contributed by atoms with Gasteiger partial charge >= 0.3 is 0 Å². The quantitative estimate of drug-likeness (QED) is 0.839. The van der Waals surface area contributed by atoms with Gasteiger partial charge in [-0.1, -0.05) is 35.9 Å². The van der Waals surface area contributed by atoms with Gasteiger partial charge in [-0.2, -0.15) is 5.26 Å². The van der Waals surface area contributed by atoms with E-state index in [1.54, 1.807) is 0 Å². The summed E-state index contributed by atoms with van der Waals surface area (Å²) in [5, 5.41) is 9.81. The SMILES string of the molecule is Cc1ccc(-c2c(C#N)c(CCN(C)C)cc3c2COC3)cc1.Cl. The Labute approximate surface area is 150 Å². The first-order chi connectivity index (χ1) is 11.1. The van der Waals surface area contributed by atoms with Crippen LogP contribution in [0.4, 0.5) is 0 Å². The molecule has 1 aliphatic heterocycles. The lowest BCUT2D eigenvalue weighted by molar-refractivity contribution is 0.134. The van der Waals surface area contributed by atoms with Crippen LogP contribution in [0.3, 0.4) is 0 Å². The summed E-state index contributed by atoms with van der Waals surface area (Å²) in [6.07, 6.45) is 0.877. The van der Waals surface area contributed by atoms with Crippen LogP contribution >= 0.6 is 12.4 Å². The van der Waals surface area contributed by atoms with Crippen LogP contribution in [0.25, 0.3) is 11.1 Å². The number of benzene rings is 2. The van der Waals surface area contributed by atoms with Crippen LogP contribution in [0, 0.1) is 18.3 Å². The van der Waals surface area contributed by atoms with Crippen molar-refractivity contribution < 1.29 is 4.74 Å². The van der Waals surface area contributed by atoms with Gasteiger partial charge in [0.1, 0.15) is 6.07 Å². The second-order valence-electron chi connectivity index (χ2n) is 6.45. The van der Waals surface area contributed by atoms with Crippen LogP contribution in [-0.2, 0) is 24.4 Å². The molecule has 0 radical (unpaired) electrons. The number of rotatable bonds is 4. The summed E-state index contributed by atoms with van der Waals surface area (Å²) in [5.74, 6) is 0. The molecule has 0 saturated carbocycles. The monoisotopic (exact) mass is 342 g/mol. The van der Waals surface area contributed by atoms with Crippen LogP contribution in [0.15, 0.2) is 30.3 Å². The molecule has 2 aromatic rings. The highest BCUT2D eigenvalue weighted by atomic mass is 35.5. The van der Waals surface area contributed by atoms with Gasteiger partial charge in [-0.25, -0.2) is 0 Å². The van der Waals surface area contributed by atoms with Crippen molar-refractivity contribution in [2.45, 2.75) is 26.6 Å². The molecule has 1 heterocycles. The fraction of sp³-hybridized carbons (Fsp3) is 0.350. The van der Waals surface area contributed by atoms with Gasteiger partial charge in [0, 0.05) is 12.1 Å². The number of hydrogen-bond acceptors (Lipinski definition) is 3. The van der Waals surface area contributed by atoms with E-state index >= 15 is 0 Å². The van der Waals surface area contributed by atoms with Crippen molar-refractivity contribution in [2.75, 3.05) is 20.6 Å². The Kier molecular flexibility index (Phi) is 6.01. The van der Waals surface area contributed by atoms with Crippen LogP contribution in [0.2, 0.25) is 0 Å². The molecule has 1 aliphatic rings. The lowest BCUT2D eigenvalue weighted by Crippen LogP contribution is -2.16. The predicted octanol–water partition coefficient (Wildman–Crippen LogP) is 4.09. The Morgan fingerprint density at radius 2 is 1.88 bits per heavy atom. The van der Waals surface area contributed by atoms with E-state index < -0.39 is 0 Å². The molecule has 126 valence electrons. The highest BCUT2D eigenvalue weighted by Crippen LogP contribution is 2.36. The standard InChI is InChI=1S/C20H22N2O.ClH/c1-14-4-6-15(7-5-14)20-18(11-21)16(8-9-22(2)3)10-17-12-23-13-19(17)20;/h4-7,10H,8-9,12-13H2,1-3H3;1H. The Morgan fingerprint density at radius 1 is 1.17 bits per heavy atom. The van der Waals surface area contributed by atoms with E-state index in [1.165, 1.54) is 16.7 Å². The molecule has 3 rings (SSSR count). The molecule has 0 aromatic heterocycles. The van der Waals surface area contributed by atoms with Crippen LogP contribution < -0.4 is 0 Å². The summed E-state index contributed by atoms with van der Waals surface area (Å²) in [6, 6.07) is 13.1. The molecule has 0 fully saturated rings. The van der Waals surface area contributed by atoms with Crippen molar-refractivity contribution in [3.63, 3.8) is 0 Å². The summed E-state index contributed by atoms with van der Waals surface area (Å²) < 4.78 is 5.66. The summed E-state index contributed by atoms with van der Waals surface area (Å²) >= 11 is 0. The molecule has 0 bridgehead atoms. The molecule has 24 heavy (non-hydrogen) atoms. The first kappa shape index (κ1) is 18.5. The van der Waals surface area contributed by atoms with Gasteiger partial charge in [0.2, 0.25) is 0 Å². The molecule has 0 unspecified atom stereocenters. The number of halogens is 1. The Balaban J connectivity index is 0.00000208. The third kappa shape index (κ3) is 3.62. The van der Waals surface area contributed by atoms with Crippen molar-refractivity contribution >= 4 is 12.4 Å². The van der Waals surface area contributed by atoms with Crippen molar-refractivity contribution in [1.29, 1.82) is 5.26 Å². The molecule has 4 heteroatoms. The Hall–Kier alpha value is -1.86. The van der Waals surface area contributed by atoms with E-state index in [0.717, 1.165) is 35.2 Å². The summed E-state index contributed by atoms with van der Waals surface area (Å²) in [5.41, 5.74) is 7.74. The number of fused-ring (bicyclic) bond motifs is 1. The minimum atomic E-state index is 0. The van der Waals surface area contributed by atoms with Gasteiger partial charge in [0.05, 0.1) is 18.8 Å². The second kappa shape index (κ2) is 7.81. The van der Waals surface area contributed by atoms with Crippen molar-refractivity contribution in [3.05, 3.63) is 58.1 Å². The summed E-state index contributed by atoms with van der Waals surface area (Å²) in [4.78, 5) is 2.15. The third-order valence-corrected chi connectivity index (χ3v) is 4.39. The normalized spacial score (nSPS) is 12.6. The van der Waals surface area contributed by atoms with Gasteiger partial charge < -0.3 is 9.64 Å². The van der Waals surface area contributed by atoms with Crippen molar-refractivity contribution in [2.24, 2.45) is 0 Å². The first-order valence-electron chi connectivity index (χ1n) is 7.97. The maximum Gasteiger partial charge on any atom is 0.100 e. The number of nitrogens with zero attached hydrogens (tertiary/aromatic N) is 2. The van der Waals surface area contributed by atoms with E-state index in [-0.39, 0.29) is 12.4 Å². The number of nitriles is 1. The Morgan fingerprint density at radius 3 is 2.50 bits per heavy atom. The lowest BCUT2D eigenvalue weighted by atomic mass is 9.87. The van der Waals surface area contributed by atoms with E-state index in [1.807, 2.05) is 0 Å². The molecule has 2 aromatic carbocycles.